The molecule has 0 saturated carbocycles. The molecule has 1 aromatic carbocycles. The SMILES string of the molecule is COc1ccc(C(=O)N2CCCC[C@@H]2C(=O)O)cc1. The molecule has 19 heavy (non-hydrogen) atoms. The Morgan fingerprint density at radius 2 is 1.95 bits per heavy atom. The van der Waals surface area contributed by atoms with Gasteiger partial charge in [0.2, 0.25) is 0 Å². The highest BCUT2D eigenvalue weighted by atomic mass is 16.5. The fourth-order valence-corrected chi connectivity index (χ4v) is 2.33. The largest absolute Gasteiger partial charge is 0.497 e. The van der Waals surface area contributed by atoms with Gasteiger partial charge in [-0.25, -0.2) is 4.79 Å². The number of benzene rings is 1. The second kappa shape index (κ2) is 5.73. The molecule has 0 radical (unpaired) electrons. The fraction of sp³-hybridized carbons (Fsp3) is 0.429. The number of amides is 1. The molecule has 1 fully saturated rings. The summed E-state index contributed by atoms with van der Waals surface area (Å²) in [6.45, 7) is 0.502. The van der Waals surface area contributed by atoms with Gasteiger partial charge in [-0.3, -0.25) is 4.79 Å². The number of rotatable bonds is 3. The number of aliphatic carboxylic acids is 1. The fourth-order valence-electron chi connectivity index (χ4n) is 2.33. The Morgan fingerprint density at radius 1 is 1.26 bits per heavy atom. The minimum atomic E-state index is -0.929. The Morgan fingerprint density at radius 3 is 2.53 bits per heavy atom. The van der Waals surface area contributed by atoms with E-state index in [4.69, 9.17) is 4.74 Å². The number of carbonyl (C=O) groups excluding carboxylic acids is 1. The maximum Gasteiger partial charge on any atom is 0.326 e. The van der Waals surface area contributed by atoms with Crippen molar-refractivity contribution in [3.05, 3.63) is 29.8 Å². The first-order chi connectivity index (χ1) is 9.13. The number of methoxy groups -OCH3 is 1. The molecule has 1 aliphatic heterocycles. The van der Waals surface area contributed by atoms with E-state index in [0.29, 0.717) is 24.3 Å². The lowest BCUT2D eigenvalue weighted by atomic mass is 10.0. The first-order valence-electron chi connectivity index (χ1n) is 6.31. The van der Waals surface area contributed by atoms with E-state index < -0.39 is 12.0 Å². The van der Waals surface area contributed by atoms with Crippen LogP contribution in [0.3, 0.4) is 0 Å². The van der Waals surface area contributed by atoms with E-state index in [1.54, 1.807) is 31.4 Å². The van der Waals surface area contributed by atoms with Gasteiger partial charge in [0.15, 0.2) is 0 Å². The molecule has 0 aliphatic carbocycles. The van der Waals surface area contributed by atoms with Crippen LogP contribution in [0.5, 0.6) is 5.75 Å². The zero-order chi connectivity index (χ0) is 13.8. The highest BCUT2D eigenvalue weighted by molar-refractivity contribution is 5.96. The molecule has 102 valence electrons. The van der Waals surface area contributed by atoms with Crippen LogP contribution in [0, 0.1) is 0 Å². The molecular formula is C14H17NO4. The van der Waals surface area contributed by atoms with Gasteiger partial charge >= 0.3 is 5.97 Å². The topological polar surface area (TPSA) is 66.8 Å². The van der Waals surface area contributed by atoms with Crippen LogP contribution in [0.15, 0.2) is 24.3 Å². The number of hydrogen-bond acceptors (Lipinski definition) is 3. The van der Waals surface area contributed by atoms with Gasteiger partial charge in [-0.05, 0) is 43.5 Å². The number of ether oxygens (including phenoxy) is 1. The summed E-state index contributed by atoms with van der Waals surface area (Å²) >= 11 is 0. The number of carboxylic acid groups (broad SMARTS) is 1. The van der Waals surface area contributed by atoms with Crippen molar-refractivity contribution in [2.45, 2.75) is 25.3 Å². The van der Waals surface area contributed by atoms with E-state index in [1.165, 1.54) is 4.90 Å². The van der Waals surface area contributed by atoms with Crippen molar-refractivity contribution < 1.29 is 19.4 Å². The summed E-state index contributed by atoms with van der Waals surface area (Å²) in [7, 11) is 1.56. The molecule has 1 N–H and O–H groups in total. The predicted molar refractivity (Wildman–Crippen MR) is 69.3 cm³/mol. The van der Waals surface area contributed by atoms with Crippen LogP contribution in [-0.2, 0) is 4.79 Å². The Hall–Kier alpha value is -2.04. The number of carbonyl (C=O) groups is 2. The second-order valence-electron chi connectivity index (χ2n) is 4.58. The number of nitrogens with zero attached hydrogens (tertiary/aromatic N) is 1. The van der Waals surface area contributed by atoms with Crippen molar-refractivity contribution in [2.24, 2.45) is 0 Å². The van der Waals surface area contributed by atoms with Crippen molar-refractivity contribution in [1.29, 1.82) is 0 Å². The smallest absolute Gasteiger partial charge is 0.326 e. The van der Waals surface area contributed by atoms with Crippen molar-refractivity contribution in [3.8, 4) is 5.75 Å². The van der Waals surface area contributed by atoms with Gasteiger partial charge in [0.1, 0.15) is 11.8 Å². The number of carboxylic acids is 1. The van der Waals surface area contributed by atoms with Crippen LogP contribution in [0.25, 0.3) is 0 Å². The monoisotopic (exact) mass is 263 g/mol. The summed E-state index contributed by atoms with van der Waals surface area (Å²) in [5.74, 6) is -0.485. The van der Waals surface area contributed by atoms with E-state index in [-0.39, 0.29) is 5.91 Å². The zero-order valence-electron chi connectivity index (χ0n) is 10.8. The third kappa shape index (κ3) is 2.86. The average molecular weight is 263 g/mol. The van der Waals surface area contributed by atoms with Gasteiger partial charge < -0.3 is 14.7 Å². The molecular weight excluding hydrogens is 246 g/mol. The Balaban J connectivity index is 2.18. The summed E-state index contributed by atoms with van der Waals surface area (Å²) in [4.78, 5) is 25.0. The standard InChI is InChI=1S/C14H17NO4/c1-19-11-7-5-10(6-8-11)13(16)15-9-3-2-4-12(15)14(17)18/h5-8,12H,2-4,9H2,1H3,(H,17,18)/t12-/m1/s1. The number of likely N-dealkylation sites (tertiary alicyclic amines) is 1. The van der Waals surface area contributed by atoms with Crippen molar-refractivity contribution in [3.63, 3.8) is 0 Å². The van der Waals surface area contributed by atoms with Crippen LogP contribution >= 0.6 is 0 Å². The Kier molecular flexibility index (Phi) is 4.04. The minimum absolute atomic E-state index is 0.227. The van der Waals surface area contributed by atoms with E-state index in [0.717, 1.165) is 12.8 Å². The van der Waals surface area contributed by atoms with Crippen LogP contribution in [0.2, 0.25) is 0 Å². The molecule has 0 aromatic heterocycles. The summed E-state index contributed by atoms with van der Waals surface area (Å²) < 4.78 is 5.03. The quantitative estimate of drug-likeness (QED) is 0.902. The van der Waals surface area contributed by atoms with Crippen LogP contribution in [0.4, 0.5) is 0 Å². The predicted octanol–water partition coefficient (Wildman–Crippen LogP) is 1.77. The number of piperidine rings is 1. The molecule has 0 unspecified atom stereocenters. The summed E-state index contributed by atoms with van der Waals surface area (Å²) in [6.07, 6.45) is 2.23. The minimum Gasteiger partial charge on any atom is -0.497 e. The molecule has 1 aromatic rings. The molecule has 0 spiro atoms. The van der Waals surface area contributed by atoms with Gasteiger partial charge in [0, 0.05) is 12.1 Å². The Bertz CT molecular complexity index is 469. The second-order valence-corrected chi connectivity index (χ2v) is 4.58. The van der Waals surface area contributed by atoms with Gasteiger partial charge in [-0.2, -0.15) is 0 Å². The van der Waals surface area contributed by atoms with E-state index in [1.807, 2.05) is 0 Å². The summed E-state index contributed by atoms with van der Waals surface area (Å²) in [5, 5.41) is 9.17. The van der Waals surface area contributed by atoms with Gasteiger partial charge in [0.25, 0.3) is 5.91 Å². The molecule has 5 nitrogen and oxygen atoms in total. The molecule has 1 saturated heterocycles. The molecule has 5 heteroatoms. The summed E-state index contributed by atoms with van der Waals surface area (Å²) in [6, 6.07) is 6.02. The maximum absolute atomic E-state index is 12.3. The average Bonchev–Trinajstić information content (AvgIpc) is 2.46. The maximum atomic E-state index is 12.3. The Labute approximate surface area is 111 Å². The normalized spacial score (nSPS) is 19.0. The first kappa shape index (κ1) is 13.4. The van der Waals surface area contributed by atoms with Crippen LogP contribution in [0.1, 0.15) is 29.6 Å². The van der Waals surface area contributed by atoms with Crippen LogP contribution < -0.4 is 4.74 Å². The first-order valence-corrected chi connectivity index (χ1v) is 6.31. The van der Waals surface area contributed by atoms with Crippen molar-refractivity contribution in [2.75, 3.05) is 13.7 Å². The summed E-state index contributed by atoms with van der Waals surface area (Å²) in [5.41, 5.74) is 0.494. The number of hydrogen-bond donors (Lipinski definition) is 1. The van der Waals surface area contributed by atoms with Crippen molar-refractivity contribution >= 4 is 11.9 Å². The lowest BCUT2D eigenvalue weighted by molar-refractivity contribution is -0.143. The molecule has 1 aliphatic rings. The van der Waals surface area contributed by atoms with E-state index >= 15 is 0 Å². The highest BCUT2D eigenvalue weighted by Crippen LogP contribution is 2.21. The molecule has 0 bridgehead atoms. The third-order valence-electron chi connectivity index (χ3n) is 3.39. The molecule has 2 rings (SSSR count). The van der Waals surface area contributed by atoms with Crippen molar-refractivity contribution in [1.82, 2.24) is 4.90 Å². The van der Waals surface area contributed by atoms with E-state index in [9.17, 15) is 14.7 Å². The van der Waals surface area contributed by atoms with Gasteiger partial charge in [-0.15, -0.1) is 0 Å². The van der Waals surface area contributed by atoms with Crippen LogP contribution in [-0.4, -0.2) is 41.6 Å². The van der Waals surface area contributed by atoms with E-state index in [2.05, 4.69) is 0 Å². The van der Waals surface area contributed by atoms with Gasteiger partial charge in [-0.1, -0.05) is 0 Å². The lowest BCUT2D eigenvalue weighted by Crippen LogP contribution is -2.47. The zero-order valence-corrected chi connectivity index (χ0v) is 10.8. The molecule has 1 heterocycles. The lowest BCUT2D eigenvalue weighted by Gasteiger charge is -2.33. The third-order valence-corrected chi connectivity index (χ3v) is 3.39. The molecule has 1 atom stereocenters. The van der Waals surface area contributed by atoms with Gasteiger partial charge in [0.05, 0.1) is 7.11 Å². The molecule has 1 amide bonds. The highest BCUT2D eigenvalue weighted by Gasteiger charge is 2.32.